The average Bonchev–Trinajstić information content (AvgIpc) is 3.32. The summed E-state index contributed by atoms with van der Waals surface area (Å²) >= 11 is 0. The molecule has 0 saturated carbocycles. The predicted octanol–water partition coefficient (Wildman–Crippen LogP) is 1.41. The molecule has 0 radical (unpaired) electrons. The Balaban J connectivity index is 1.19. The van der Waals surface area contributed by atoms with Gasteiger partial charge >= 0.3 is 0 Å². The fourth-order valence-electron chi connectivity index (χ4n) is 4.52. The van der Waals surface area contributed by atoms with Crippen molar-refractivity contribution in [3.8, 4) is 0 Å². The van der Waals surface area contributed by atoms with Crippen LogP contribution in [0.5, 0.6) is 0 Å². The van der Waals surface area contributed by atoms with Gasteiger partial charge in [-0.2, -0.15) is 0 Å². The summed E-state index contributed by atoms with van der Waals surface area (Å²) in [6, 6.07) is 7.58. The average molecular weight is 473 g/mol. The van der Waals surface area contributed by atoms with Crippen LogP contribution < -0.4 is 10.6 Å². The van der Waals surface area contributed by atoms with E-state index >= 15 is 0 Å². The van der Waals surface area contributed by atoms with Gasteiger partial charge in [-0.3, -0.25) is 34.2 Å². The molecule has 1 fully saturated rings. The number of rotatable bonds is 6. The Labute approximate surface area is 200 Å². The highest BCUT2D eigenvalue weighted by molar-refractivity contribution is 6.23. The number of hydrogen-bond donors (Lipinski definition) is 2. The van der Waals surface area contributed by atoms with Gasteiger partial charge in [-0.15, -0.1) is 0 Å². The number of aromatic nitrogens is 2. The lowest BCUT2D eigenvalue weighted by Crippen LogP contribution is -2.54. The van der Waals surface area contributed by atoms with Gasteiger partial charge in [-0.25, -0.2) is 4.98 Å². The van der Waals surface area contributed by atoms with E-state index < -0.39 is 29.7 Å². The Kier molecular flexibility index (Phi) is 5.64. The van der Waals surface area contributed by atoms with Crippen molar-refractivity contribution >= 4 is 35.2 Å². The van der Waals surface area contributed by atoms with Gasteiger partial charge in [-0.05, 0) is 56.0 Å². The molecule has 5 amide bonds. The summed E-state index contributed by atoms with van der Waals surface area (Å²) in [7, 11) is 0. The normalized spacial score (nSPS) is 17.6. The summed E-state index contributed by atoms with van der Waals surface area (Å²) in [4.78, 5) is 67.1. The molecule has 2 aliphatic heterocycles. The molecule has 2 aliphatic rings. The number of pyridine rings is 1. The topological polar surface area (TPSA) is 130 Å². The zero-order chi connectivity index (χ0) is 24.7. The zero-order valence-electron chi connectivity index (χ0n) is 19.0. The molecule has 0 bridgehead atoms. The Morgan fingerprint density at radius 1 is 1.09 bits per heavy atom. The summed E-state index contributed by atoms with van der Waals surface area (Å²) in [5.41, 5.74) is 3.54. The van der Waals surface area contributed by atoms with Gasteiger partial charge in [0.05, 0.1) is 22.4 Å². The zero-order valence-corrected chi connectivity index (χ0v) is 19.0. The molecule has 1 aromatic carbocycles. The number of hydrogen-bond acceptors (Lipinski definition) is 6. The van der Waals surface area contributed by atoms with Gasteiger partial charge in [-0.1, -0.05) is 6.07 Å². The van der Waals surface area contributed by atoms with Crippen LogP contribution in [0.4, 0.5) is 0 Å². The highest BCUT2D eigenvalue weighted by atomic mass is 16.2. The minimum absolute atomic E-state index is 0.0800. The van der Waals surface area contributed by atoms with Crippen LogP contribution in [0, 0.1) is 6.92 Å². The molecule has 3 aromatic rings. The number of nitrogens with zero attached hydrogens (tertiary/aromatic N) is 3. The monoisotopic (exact) mass is 473 g/mol. The van der Waals surface area contributed by atoms with Crippen LogP contribution in [0.3, 0.4) is 0 Å². The van der Waals surface area contributed by atoms with Crippen molar-refractivity contribution in [2.24, 2.45) is 0 Å². The fourth-order valence-corrected chi connectivity index (χ4v) is 4.52. The number of amides is 5. The van der Waals surface area contributed by atoms with E-state index in [-0.39, 0.29) is 29.9 Å². The molecule has 5 rings (SSSR count). The molecule has 4 heterocycles. The number of fused-ring (bicyclic) bond motifs is 2. The van der Waals surface area contributed by atoms with Crippen LogP contribution >= 0.6 is 0 Å². The van der Waals surface area contributed by atoms with Crippen molar-refractivity contribution in [1.29, 1.82) is 0 Å². The lowest BCUT2D eigenvalue weighted by atomic mass is 10.0. The van der Waals surface area contributed by atoms with Crippen molar-refractivity contribution < 1.29 is 24.0 Å². The van der Waals surface area contributed by atoms with Crippen molar-refractivity contribution in [1.82, 2.24) is 24.9 Å². The van der Waals surface area contributed by atoms with Crippen LogP contribution in [-0.2, 0) is 16.0 Å². The number of carbonyl (C=O) groups is 5. The number of piperidine rings is 1. The molecule has 0 spiro atoms. The van der Waals surface area contributed by atoms with Crippen molar-refractivity contribution in [2.75, 3.05) is 6.54 Å². The predicted molar refractivity (Wildman–Crippen MR) is 124 cm³/mol. The van der Waals surface area contributed by atoms with Gasteiger partial charge in [0.25, 0.3) is 17.7 Å². The van der Waals surface area contributed by atoms with Gasteiger partial charge in [0.2, 0.25) is 11.8 Å². The molecule has 1 unspecified atom stereocenters. The van der Waals surface area contributed by atoms with E-state index in [0.29, 0.717) is 24.9 Å². The van der Waals surface area contributed by atoms with E-state index in [2.05, 4.69) is 15.6 Å². The summed E-state index contributed by atoms with van der Waals surface area (Å²) in [6.45, 7) is 2.33. The first-order chi connectivity index (χ1) is 16.8. The van der Waals surface area contributed by atoms with E-state index in [0.717, 1.165) is 21.8 Å². The minimum atomic E-state index is -0.982. The van der Waals surface area contributed by atoms with E-state index in [1.54, 1.807) is 36.5 Å². The van der Waals surface area contributed by atoms with Gasteiger partial charge in [0.1, 0.15) is 11.7 Å². The first-order valence-electron chi connectivity index (χ1n) is 11.4. The second-order valence-electron chi connectivity index (χ2n) is 8.75. The number of imide groups is 2. The first kappa shape index (κ1) is 22.5. The highest BCUT2D eigenvalue weighted by Gasteiger charge is 2.44. The Bertz CT molecular complexity index is 1410. The van der Waals surface area contributed by atoms with E-state index in [1.807, 2.05) is 17.5 Å². The van der Waals surface area contributed by atoms with Crippen LogP contribution in [0.2, 0.25) is 0 Å². The maximum Gasteiger partial charge on any atom is 0.262 e. The third-order valence-electron chi connectivity index (χ3n) is 6.27. The van der Waals surface area contributed by atoms with Crippen LogP contribution in [0.25, 0.3) is 5.65 Å². The molecule has 2 N–H and O–H groups in total. The number of aryl methyl sites for hydroxylation is 2. The van der Waals surface area contributed by atoms with Crippen molar-refractivity contribution in [3.05, 3.63) is 70.7 Å². The molecule has 0 aliphatic carbocycles. The van der Waals surface area contributed by atoms with Crippen LogP contribution in [0.1, 0.15) is 61.6 Å². The molecule has 10 heteroatoms. The largest absolute Gasteiger partial charge is 0.352 e. The number of imidazole rings is 1. The molecular formula is C25H23N5O5. The minimum Gasteiger partial charge on any atom is -0.352 e. The summed E-state index contributed by atoms with van der Waals surface area (Å²) in [5.74, 6) is -2.28. The molecule has 1 atom stereocenters. The molecule has 35 heavy (non-hydrogen) atoms. The van der Waals surface area contributed by atoms with Crippen LogP contribution in [0.15, 0.2) is 42.7 Å². The molecule has 1 saturated heterocycles. The van der Waals surface area contributed by atoms with Gasteiger partial charge in [0, 0.05) is 25.4 Å². The third kappa shape index (κ3) is 4.18. The quantitative estimate of drug-likeness (QED) is 0.411. The lowest BCUT2D eigenvalue weighted by molar-refractivity contribution is -0.136. The summed E-state index contributed by atoms with van der Waals surface area (Å²) < 4.78 is 1.81. The standard InChI is InChI=1S/C25H23N5O5/c1-14-12-29-13-16(5-8-20(29)27-14)22(32)26-10-2-3-15-4-6-17-18(11-15)25(35)30(24(17)34)19-7-9-21(31)28-23(19)33/h4-6,8,11-13,19H,2-3,7,9-10H2,1H3,(H,26,32)(H,28,31,33). The second kappa shape index (κ2) is 8.79. The Morgan fingerprint density at radius 2 is 1.89 bits per heavy atom. The first-order valence-corrected chi connectivity index (χ1v) is 11.4. The molecule has 10 nitrogen and oxygen atoms in total. The highest BCUT2D eigenvalue weighted by Crippen LogP contribution is 2.28. The van der Waals surface area contributed by atoms with Gasteiger partial charge < -0.3 is 9.72 Å². The number of nitrogens with one attached hydrogen (secondary N) is 2. The fraction of sp³-hybridized carbons (Fsp3) is 0.280. The van der Waals surface area contributed by atoms with Gasteiger partial charge in [0.15, 0.2) is 0 Å². The molecular weight excluding hydrogens is 450 g/mol. The third-order valence-corrected chi connectivity index (χ3v) is 6.27. The SMILES string of the molecule is Cc1cn2cc(C(=O)NCCCc3ccc4c(c3)C(=O)N(C3CCC(=O)NC3=O)C4=O)ccc2n1. The summed E-state index contributed by atoms with van der Waals surface area (Å²) in [6.07, 6.45) is 5.02. The number of benzene rings is 1. The molecule has 178 valence electrons. The van der Waals surface area contributed by atoms with Crippen molar-refractivity contribution in [3.63, 3.8) is 0 Å². The summed E-state index contributed by atoms with van der Waals surface area (Å²) in [5, 5.41) is 5.08. The van der Waals surface area contributed by atoms with E-state index in [1.165, 1.54) is 0 Å². The maximum absolute atomic E-state index is 12.9. The maximum atomic E-state index is 12.9. The Morgan fingerprint density at radius 3 is 2.69 bits per heavy atom. The number of carbonyl (C=O) groups excluding carboxylic acids is 5. The second-order valence-corrected chi connectivity index (χ2v) is 8.75. The Hall–Kier alpha value is -4.34. The lowest BCUT2D eigenvalue weighted by Gasteiger charge is -2.27. The van der Waals surface area contributed by atoms with Crippen LogP contribution in [-0.4, -0.2) is 56.4 Å². The van der Waals surface area contributed by atoms with Crippen molar-refractivity contribution in [2.45, 2.75) is 38.6 Å². The molecule has 2 aromatic heterocycles. The van der Waals surface area contributed by atoms with E-state index in [4.69, 9.17) is 0 Å². The smallest absolute Gasteiger partial charge is 0.262 e. The van der Waals surface area contributed by atoms with E-state index in [9.17, 15) is 24.0 Å².